The van der Waals surface area contributed by atoms with Crippen LogP contribution in [0.25, 0.3) is 0 Å². The SMILES string of the molecule is CC(C)(C)C(=O)OCOC(=O)c1cccc2c1OB(O)[C@@H](CC(=O)CCN)C2. The highest BCUT2D eigenvalue weighted by Gasteiger charge is 2.37. The fourth-order valence-electron chi connectivity index (χ4n) is 2.80. The van der Waals surface area contributed by atoms with Crippen LogP contribution in [0.15, 0.2) is 18.2 Å². The first-order valence-electron chi connectivity index (χ1n) is 9.16. The van der Waals surface area contributed by atoms with Crippen LogP contribution in [0.3, 0.4) is 0 Å². The van der Waals surface area contributed by atoms with E-state index < -0.39 is 37.1 Å². The van der Waals surface area contributed by atoms with Crippen molar-refractivity contribution in [3.63, 3.8) is 0 Å². The minimum absolute atomic E-state index is 0.0465. The molecule has 0 unspecified atom stereocenters. The Hall–Kier alpha value is -2.39. The number of carbonyl (C=O) groups excluding carboxylic acids is 3. The molecule has 0 aliphatic carbocycles. The Morgan fingerprint density at radius 3 is 2.64 bits per heavy atom. The highest BCUT2D eigenvalue weighted by Crippen LogP contribution is 2.36. The van der Waals surface area contributed by atoms with Crippen LogP contribution in [-0.2, 0) is 25.5 Å². The predicted molar refractivity (Wildman–Crippen MR) is 102 cm³/mol. The molecule has 1 aromatic rings. The zero-order chi connectivity index (χ0) is 20.9. The van der Waals surface area contributed by atoms with Crippen molar-refractivity contribution in [2.24, 2.45) is 11.1 Å². The molecule has 1 heterocycles. The molecule has 0 amide bonds. The van der Waals surface area contributed by atoms with Crippen LogP contribution in [0.4, 0.5) is 0 Å². The number of Topliss-reactive ketones (excluding diaryl/α,β-unsaturated/α-hetero) is 1. The standard InChI is InChI=1S/C19H26BNO7/c1-19(2,3)18(24)27-11-26-17(23)15-6-4-5-12-9-13(10-14(22)7-8-21)20(25)28-16(12)15/h4-6,13,25H,7-11,21H2,1-3H3/t13-/m1/s1. The molecular weight excluding hydrogens is 365 g/mol. The first kappa shape index (κ1) is 21.9. The summed E-state index contributed by atoms with van der Waals surface area (Å²) in [4.78, 5) is 35.9. The molecule has 1 aliphatic heterocycles. The molecule has 0 saturated heterocycles. The van der Waals surface area contributed by atoms with E-state index in [0.717, 1.165) is 0 Å². The normalized spacial score (nSPS) is 16.0. The number of nitrogens with two attached hydrogens (primary N) is 1. The van der Waals surface area contributed by atoms with E-state index >= 15 is 0 Å². The third-order valence-electron chi connectivity index (χ3n) is 4.35. The van der Waals surface area contributed by atoms with Crippen molar-refractivity contribution in [3.05, 3.63) is 29.3 Å². The van der Waals surface area contributed by atoms with E-state index in [9.17, 15) is 19.4 Å². The van der Waals surface area contributed by atoms with Gasteiger partial charge in [0.1, 0.15) is 17.1 Å². The number of esters is 2. The van der Waals surface area contributed by atoms with Crippen molar-refractivity contribution in [1.29, 1.82) is 0 Å². The minimum atomic E-state index is -1.22. The molecule has 0 bridgehead atoms. The van der Waals surface area contributed by atoms with Crippen molar-refractivity contribution in [2.45, 2.75) is 45.9 Å². The fraction of sp³-hybridized carbons (Fsp3) is 0.526. The average molecular weight is 391 g/mol. The second-order valence-electron chi connectivity index (χ2n) is 7.78. The van der Waals surface area contributed by atoms with Gasteiger partial charge in [0.25, 0.3) is 0 Å². The topological polar surface area (TPSA) is 125 Å². The summed E-state index contributed by atoms with van der Waals surface area (Å²) >= 11 is 0. The van der Waals surface area contributed by atoms with Crippen LogP contribution in [0.1, 0.15) is 49.5 Å². The van der Waals surface area contributed by atoms with Crippen molar-refractivity contribution in [2.75, 3.05) is 13.3 Å². The van der Waals surface area contributed by atoms with Gasteiger partial charge in [-0.15, -0.1) is 0 Å². The molecule has 9 heteroatoms. The van der Waals surface area contributed by atoms with E-state index in [0.29, 0.717) is 12.0 Å². The van der Waals surface area contributed by atoms with Gasteiger partial charge in [0.05, 0.1) is 5.41 Å². The molecule has 0 fully saturated rings. The predicted octanol–water partition coefficient (Wildman–Crippen LogP) is 1.48. The molecule has 1 aromatic carbocycles. The molecule has 2 rings (SSSR count). The van der Waals surface area contributed by atoms with Crippen molar-refractivity contribution in [3.8, 4) is 5.75 Å². The molecule has 8 nitrogen and oxygen atoms in total. The Bertz CT molecular complexity index is 744. The molecule has 152 valence electrons. The fourth-order valence-corrected chi connectivity index (χ4v) is 2.80. The molecule has 0 saturated carbocycles. The number of ketones is 1. The summed E-state index contributed by atoms with van der Waals surface area (Å²) in [5.74, 6) is -1.47. The van der Waals surface area contributed by atoms with E-state index in [4.69, 9.17) is 19.9 Å². The van der Waals surface area contributed by atoms with Gasteiger partial charge in [0, 0.05) is 18.7 Å². The maximum atomic E-state index is 12.4. The number of fused-ring (bicyclic) bond motifs is 1. The van der Waals surface area contributed by atoms with Gasteiger partial charge in [-0.1, -0.05) is 12.1 Å². The number of benzene rings is 1. The van der Waals surface area contributed by atoms with Crippen LogP contribution in [0.2, 0.25) is 5.82 Å². The summed E-state index contributed by atoms with van der Waals surface area (Å²) in [6.07, 6.45) is 0.776. The Labute approximate surface area is 164 Å². The number of carbonyl (C=O) groups is 3. The lowest BCUT2D eigenvalue weighted by Crippen LogP contribution is -2.36. The van der Waals surface area contributed by atoms with E-state index in [1.54, 1.807) is 32.9 Å². The maximum Gasteiger partial charge on any atom is 0.526 e. The Kier molecular flexibility index (Phi) is 7.20. The monoisotopic (exact) mass is 391 g/mol. The number of hydrogen-bond acceptors (Lipinski definition) is 8. The molecule has 0 spiro atoms. The first-order chi connectivity index (χ1) is 13.1. The highest BCUT2D eigenvalue weighted by atomic mass is 16.7. The smallest absolute Gasteiger partial charge is 0.526 e. The third-order valence-corrected chi connectivity index (χ3v) is 4.35. The van der Waals surface area contributed by atoms with Gasteiger partial charge in [-0.2, -0.15) is 0 Å². The number of ether oxygens (including phenoxy) is 2. The minimum Gasteiger partial charge on any atom is -0.535 e. The second kappa shape index (κ2) is 9.21. The number of hydrogen-bond donors (Lipinski definition) is 2. The molecule has 3 N–H and O–H groups in total. The zero-order valence-electron chi connectivity index (χ0n) is 16.4. The highest BCUT2D eigenvalue weighted by molar-refractivity contribution is 6.47. The van der Waals surface area contributed by atoms with Crippen molar-refractivity contribution in [1.82, 2.24) is 0 Å². The van der Waals surface area contributed by atoms with Gasteiger partial charge in [-0.25, -0.2) is 4.79 Å². The van der Waals surface area contributed by atoms with E-state index in [2.05, 4.69) is 0 Å². The first-order valence-corrected chi connectivity index (χ1v) is 9.16. The molecule has 0 radical (unpaired) electrons. The summed E-state index contributed by atoms with van der Waals surface area (Å²) in [6, 6.07) is 4.92. The molecule has 28 heavy (non-hydrogen) atoms. The Morgan fingerprint density at radius 2 is 2.00 bits per heavy atom. The zero-order valence-corrected chi connectivity index (χ0v) is 16.4. The quantitative estimate of drug-likeness (QED) is 0.407. The van der Waals surface area contributed by atoms with E-state index in [-0.39, 0.29) is 36.5 Å². The summed E-state index contributed by atoms with van der Waals surface area (Å²) in [5, 5.41) is 10.3. The maximum absolute atomic E-state index is 12.4. The average Bonchev–Trinajstić information content (AvgIpc) is 2.61. The molecular formula is C19H26BNO7. The Morgan fingerprint density at radius 1 is 1.29 bits per heavy atom. The van der Waals surface area contributed by atoms with Crippen LogP contribution in [-0.4, -0.2) is 43.2 Å². The summed E-state index contributed by atoms with van der Waals surface area (Å²) in [7, 11) is -1.22. The third kappa shape index (κ3) is 5.56. The van der Waals surface area contributed by atoms with Gasteiger partial charge in [0.15, 0.2) is 0 Å². The molecule has 0 aromatic heterocycles. The lowest BCUT2D eigenvalue weighted by molar-refractivity contribution is -0.161. The largest absolute Gasteiger partial charge is 0.535 e. The van der Waals surface area contributed by atoms with Gasteiger partial charge in [-0.05, 0) is 45.4 Å². The van der Waals surface area contributed by atoms with Gasteiger partial charge in [-0.3, -0.25) is 9.59 Å². The van der Waals surface area contributed by atoms with Gasteiger partial charge >= 0.3 is 19.1 Å². The summed E-state index contributed by atoms with van der Waals surface area (Å²) in [6.45, 7) is 4.81. The van der Waals surface area contributed by atoms with Crippen LogP contribution < -0.4 is 10.4 Å². The lowest BCUT2D eigenvalue weighted by atomic mass is 9.64. The number of para-hydroxylation sites is 1. The van der Waals surface area contributed by atoms with Crippen molar-refractivity contribution >= 4 is 24.8 Å². The van der Waals surface area contributed by atoms with Crippen LogP contribution >= 0.6 is 0 Å². The molecule has 1 atom stereocenters. The van der Waals surface area contributed by atoms with E-state index in [1.807, 2.05) is 0 Å². The summed E-state index contributed by atoms with van der Waals surface area (Å²) < 4.78 is 15.5. The van der Waals surface area contributed by atoms with Gasteiger partial charge in [0.2, 0.25) is 6.79 Å². The van der Waals surface area contributed by atoms with Crippen molar-refractivity contribution < 1.29 is 33.5 Å². The Balaban J connectivity index is 2.04. The van der Waals surface area contributed by atoms with Crippen LogP contribution in [0.5, 0.6) is 5.75 Å². The molecule has 1 aliphatic rings. The second-order valence-corrected chi connectivity index (χ2v) is 7.78. The van der Waals surface area contributed by atoms with E-state index in [1.165, 1.54) is 6.07 Å². The number of rotatable bonds is 7. The van der Waals surface area contributed by atoms with Crippen LogP contribution in [0, 0.1) is 5.41 Å². The lowest BCUT2D eigenvalue weighted by Gasteiger charge is -2.28. The summed E-state index contributed by atoms with van der Waals surface area (Å²) in [5.41, 5.74) is 5.49. The van der Waals surface area contributed by atoms with Gasteiger partial charge < -0.3 is 24.9 Å².